The molecule has 4 nitrogen and oxygen atoms in total. The Morgan fingerprint density at radius 3 is 2.43 bits per heavy atom. The molecule has 2 rings (SSSR count). The van der Waals surface area contributed by atoms with Crippen molar-refractivity contribution >= 4 is 34.8 Å². The van der Waals surface area contributed by atoms with Crippen LogP contribution in [0, 0.1) is 0 Å². The Balaban J connectivity index is 2.27. The van der Waals surface area contributed by atoms with Gasteiger partial charge >= 0.3 is 18.0 Å². The predicted octanol–water partition coefficient (Wildman–Crippen LogP) is 2.97. The number of halogens is 6. The molecule has 21 heavy (non-hydrogen) atoms. The highest BCUT2D eigenvalue weighted by Crippen LogP contribution is 2.38. The van der Waals surface area contributed by atoms with Gasteiger partial charge in [-0.2, -0.15) is 22.0 Å². The van der Waals surface area contributed by atoms with E-state index in [1.165, 1.54) is 5.32 Å². The van der Waals surface area contributed by atoms with Crippen LogP contribution in [-0.2, 0) is 16.0 Å². The quantitative estimate of drug-likeness (QED) is 0.820. The van der Waals surface area contributed by atoms with Crippen LogP contribution < -0.4 is 10.6 Å². The van der Waals surface area contributed by atoms with E-state index in [9.17, 15) is 31.5 Å². The second-order valence-corrected chi connectivity index (χ2v) is 4.65. The maximum atomic E-state index is 12.8. The van der Waals surface area contributed by atoms with Gasteiger partial charge in [0, 0.05) is 5.69 Å². The average molecular weight is 329 g/mol. The number of amides is 2. The van der Waals surface area contributed by atoms with Crippen molar-refractivity contribution < 1.29 is 31.5 Å². The monoisotopic (exact) mass is 328 g/mol. The van der Waals surface area contributed by atoms with Gasteiger partial charge in [0.15, 0.2) is 0 Å². The van der Waals surface area contributed by atoms with Crippen LogP contribution in [-0.4, -0.2) is 23.9 Å². The maximum Gasteiger partial charge on any atom is 0.463 e. The zero-order chi connectivity index (χ0) is 16.0. The largest absolute Gasteiger partial charge is 0.463 e. The second-order valence-electron chi connectivity index (χ2n) is 4.24. The topological polar surface area (TPSA) is 58.2 Å². The molecule has 2 N–H and O–H groups in total. The number of alkyl halides is 5. The fourth-order valence-electron chi connectivity index (χ4n) is 1.67. The first-order valence-electron chi connectivity index (χ1n) is 5.40. The fraction of sp³-hybridized carbons (Fsp3) is 0.273. The molecule has 0 saturated carbocycles. The van der Waals surface area contributed by atoms with Crippen LogP contribution in [0.2, 0.25) is 5.02 Å². The summed E-state index contributed by atoms with van der Waals surface area (Å²) in [5, 5.41) is 3.55. The Hall–Kier alpha value is -1.90. The molecule has 1 aliphatic heterocycles. The summed E-state index contributed by atoms with van der Waals surface area (Å²) in [7, 11) is 0. The zero-order valence-electron chi connectivity index (χ0n) is 9.95. The molecule has 0 radical (unpaired) electrons. The summed E-state index contributed by atoms with van der Waals surface area (Å²) in [5.41, 5.74) is 0.210. The van der Waals surface area contributed by atoms with Crippen molar-refractivity contribution in [3.63, 3.8) is 0 Å². The standard InChI is InChI=1S/C11H6ClF5N2O2/c12-5-3-6-4(2-8(20)18-6)1-7(5)19-9(21)10(13,14)11(15,16)17/h1,3H,2H2,(H,18,20)(H,19,21). The molecule has 0 spiro atoms. The van der Waals surface area contributed by atoms with Crippen molar-refractivity contribution in [1.29, 1.82) is 0 Å². The lowest BCUT2D eigenvalue weighted by atomic mass is 10.1. The third kappa shape index (κ3) is 2.78. The number of hydrogen-bond donors (Lipinski definition) is 2. The van der Waals surface area contributed by atoms with Gasteiger partial charge in [-0.3, -0.25) is 9.59 Å². The van der Waals surface area contributed by atoms with Crippen LogP contribution in [0.4, 0.5) is 33.3 Å². The van der Waals surface area contributed by atoms with E-state index in [1.807, 2.05) is 0 Å². The number of hydrogen-bond acceptors (Lipinski definition) is 2. The van der Waals surface area contributed by atoms with Gasteiger partial charge in [-0.15, -0.1) is 0 Å². The molecule has 1 aromatic carbocycles. The highest BCUT2D eigenvalue weighted by molar-refractivity contribution is 6.34. The predicted molar refractivity (Wildman–Crippen MR) is 63.4 cm³/mol. The summed E-state index contributed by atoms with van der Waals surface area (Å²) in [4.78, 5) is 22.2. The molecule has 1 aliphatic rings. The van der Waals surface area contributed by atoms with Crippen LogP contribution >= 0.6 is 11.6 Å². The molecule has 0 aliphatic carbocycles. The maximum absolute atomic E-state index is 12.8. The molecule has 0 atom stereocenters. The number of fused-ring (bicyclic) bond motifs is 1. The minimum atomic E-state index is -6.02. The van der Waals surface area contributed by atoms with Gasteiger partial charge < -0.3 is 10.6 Å². The molecule has 10 heteroatoms. The van der Waals surface area contributed by atoms with E-state index in [1.54, 1.807) is 0 Å². The number of rotatable bonds is 2. The molecule has 0 saturated heterocycles. The van der Waals surface area contributed by atoms with E-state index in [4.69, 9.17) is 11.6 Å². The molecular weight excluding hydrogens is 323 g/mol. The van der Waals surface area contributed by atoms with Crippen LogP contribution in [0.1, 0.15) is 5.56 Å². The van der Waals surface area contributed by atoms with Gasteiger partial charge in [-0.1, -0.05) is 11.6 Å². The summed E-state index contributed by atoms with van der Waals surface area (Å²) in [5.74, 6) is -8.48. The van der Waals surface area contributed by atoms with E-state index in [0.29, 0.717) is 11.3 Å². The summed E-state index contributed by atoms with van der Waals surface area (Å²) < 4.78 is 61.8. The summed E-state index contributed by atoms with van der Waals surface area (Å²) in [6.45, 7) is 0. The van der Waals surface area contributed by atoms with E-state index in [-0.39, 0.29) is 17.4 Å². The molecule has 0 unspecified atom stereocenters. The van der Waals surface area contributed by atoms with Crippen LogP contribution in [0.25, 0.3) is 0 Å². The molecule has 1 heterocycles. The number of benzene rings is 1. The summed E-state index contributed by atoms with van der Waals surface area (Å²) in [6.07, 6.45) is -6.11. The number of nitrogens with one attached hydrogen (secondary N) is 2. The molecule has 114 valence electrons. The SMILES string of the molecule is O=C1Cc2cc(NC(=O)C(F)(F)C(F)(F)F)c(Cl)cc2N1. The molecule has 0 aromatic heterocycles. The normalized spacial score (nSPS) is 14.7. The number of carbonyl (C=O) groups excluding carboxylic acids is 2. The third-order valence-electron chi connectivity index (χ3n) is 2.71. The molecule has 0 fully saturated rings. The third-order valence-corrected chi connectivity index (χ3v) is 3.02. The lowest BCUT2D eigenvalue weighted by Gasteiger charge is -2.19. The molecular formula is C11H6ClF5N2O2. The minimum Gasteiger partial charge on any atom is -0.325 e. The molecule has 1 aromatic rings. The van der Waals surface area contributed by atoms with Gasteiger partial charge in [0.2, 0.25) is 5.91 Å². The van der Waals surface area contributed by atoms with E-state index in [0.717, 1.165) is 12.1 Å². The van der Waals surface area contributed by atoms with E-state index < -0.39 is 23.7 Å². The minimum absolute atomic E-state index is 0.0922. The van der Waals surface area contributed by atoms with Crippen LogP contribution in [0.3, 0.4) is 0 Å². The Morgan fingerprint density at radius 1 is 1.24 bits per heavy atom. The lowest BCUT2D eigenvalue weighted by Crippen LogP contribution is -2.47. The highest BCUT2D eigenvalue weighted by atomic mass is 35.5. The lowest BCUT2D eigenvalue weighted by molar-refractivity contribution is -0.267. The summed E-state index contributed by atoms with van der Waals surface area (Å²) in [6, 6.07) is 2.23. The average Bonchev–Trinajstić information content (AvgIpc) is 2.67. The molecule has 0 bridgehead atoms. The first-order chi connectivity index (χ1) is 9.52. The fourth-order valence-corrected chi connectivity index (χ4v) is 1.88. The van der Waals surface area contributed by atoms with Crippen molar-refractivity contribution in [2.75, 3.05) is 10.6 Å². The Bertz CT molecular complexity index is 630. The van der Waals surface area contributed by atoms with Crippen LogP contribution in [0.5, 0.6) is 0 Å². The first kappa shape index (κ1) is 15.5. The van der Waals surface area contributed by atoms with Crippen molar-refractivity contribution in [3.05, 3.63) is 22.7 Å². The van der Waals surface area contributed by atoms with Gasteiger partial charge in [-0.25, -0.2) is 0 Å². The van der Waals surface area contributed by atoms with Crippen LogP contribution in [0.15, 0.2) is 12.1 Å². The van der Waals surface area contributed by atoms with E-state index >= 15 is 0 Å². The Morgan fingerprint density at radius 2 is 1.86 bits per heavy atom. The smallest absolute Gasteiger partial charge is 0.325 e. The van der Waals surface area contributed by atoms with Gasteiger partial charge in [-0.05, 0) is 17.7 Å². The first-order valence-corrected chi connectivity index (χ1v) is 5.78. The van der Waals surface area contributed by atoms with Gasteiger partial charge in [0.1, 0.15) is 0 Å². The summed E-state index contributed by atoms with van der Waals surface area (Å²) >= 11 is 5.67. The van der Waals surface area contributed by atoms with Crippen molar-refractivity contribution in [1.82, 2.24) is 0 Å². The zero-order valence-corrected chi connectivity index (χ0v) is 10.7. The van der Waals surface area contributed by atoms with Crippen molar-refractivity contribution in [2.24, 2.45) is 0 Å². The van der Waals surface area contributed by atoms with E-state index in [2.05, 4.69) is 5.32 Å². The van der Waals surface area contributed by atoms with Crippen molar-refractivity contribution in [3.8, 4) is 0 Å². The number of carbonyl (C=O) groups is 2. The second kappa shape index (κ2) is 4.83. The Kier molecular flexibility index (Phi) is 3.56. The Labute approximate surface area is 119 Å². The van der Waals surface area contributed by atoms with Crippen molar-refractivity contribution in [2.45, 2.75) is 18.5 Å². The number of anilines is 2. The van der Waals surface area contributed by atoms with Gasteiger partial charge in [0.05, 0.1) is 17.1 Å². The highest BCUT2D eigenvalue weighted by Gasteiger charge is 2.63. The van der Waals surface area contributed by atoms with Gasteiger partial charge in [0.25, 0.3) is 0 Å². The molecule has 2 amide bonds.